The molecule has 0 aliphatic rings. The Morgan fingerprint density at radius 2 is 1.94 bits per heavy atom. The van der Waals surface area contributed by atoms with E-state index in [1.54, 1.807) is 20.3 Å². The van der Waals surface area contributed by atoms with Crippen LogP contribution in [-0.2, 0) is 11.2 Å². The van der Waals surface area contributed by atoms with Gasteiger partial charge in [0.15, 0.2) is 11.5 Å². The van der Waals surface area contributed by atoms with Crippen LogP contribution in [0.4, 0.5) is 4.79 Å². The zero-order valence-corrected chi connectivity index (χ0v) is 9.36. The second-order valence-electron chi connectivity index (χ2n) is 3.11. The molecule has 1 amide bonds. The number of carbonyl (C=O) groups is 1. The maximum atomic E-state index is 10.4. The van der Waals surface area contributed by atoms with Gasteiger partial charge in [-0.05, 0) is 17.7 Å². The van der Waals surface area contributed by atoms with Crippen LogP contribution in [0.15, 0.2) is 18.2 Å². The molecular weight excluding hydrogens is 210 g/mol. The Balaban J connectivity index is 2.64. The highest BCUT2D eigenvalue weighted by molar-refractivity contribution is 5.64. The minimum Gasteiger partial charge on any atom is -0.493 e. The predicted molar refractivity (Wildman–Crippen MR) is 58.8 cm³/mol. The second kappa shape index (κ2) is 5.85. The van der Waals surface area contributed by atoms with Gasteiger partial charge in [0.2, 0.25) is 0 Å². The lowest BCUT2D eigenvalue weighted by molar-refractivity contribution is 0.158. The third-order valence-corrected chi connectivity index (χ3v) is 2.08. The first-order chi connectivity index (χ1) is 7.67. The predicted octanol–water partition coefficient (Wildman–Crippen LogP) is 1.34. The van der Waals surface area contributed by atoms with Crippen LogP contribution in [0.3, 0.4) is 0 Å². The molecule has 5 heteroatoms. The molecule has 1 aromatic carbocycles. The molecule has 0 saturated heterocycles. The van der Waals surface area contributed by atoms with Gasteiger partial charge in [-0.3, -0.25) is 0 Å². The molecule has 0 aliphatic carbocycles. The summed E-state index contributed by atoms with van der Waals surface area (Å²) in [6, 6.07) is 5.52. The van der Waals surface area contributed by atoms with Crippen molar-refractivity contribution in [3.63, 3.8) is 0 Å². The van der Waals surface area contributed by atoms with Gasteiger partial charge in [-0.15, -0.1) is 0 Å². The van der Waals surface area contributed by atoms with Crippen molar-refractivity contribution in [3.05, 3.63) is 23.8 Å². The van der Waals surface area contributed by atoms with E-state index in [-0.39, 0.29) is 6.61 Å². The molecular formula is C11H15NO4. The first-order valence-corrected chi connectivity index (χ1v) is 4.80. The maximum absolute atomic E-state index is 10.4. The van der Waals surface area contributed by atoms with Gasteiger partial charge in [0.25, 0.3) is 0 Å². The molecule has 88 valence electrons. The lowest BCUT2D eigenvalue weighted by atomic mass is 10.1. The monoisotopic (exact) mass is 225 g/mol. The normalized spacial score (nSPS) is 9.62. The molecule has 1 rings (SSSR count). The van der Waals surface area contributed by atoms with Crippen molar-refractivity contribution >= 4 is 6.09 Å². The minimum absolute atomic E-state index is 0.255. The molecule has 0 radical (unpaired) electrons. The fourth-order valence-electron chi connectivity index (χ4n) is 1.31. The molecule has 0 aromatic heterocycles. The van der Waals surface area contributed by atoms with Crippen LogP contribution in [0.2, 0.25) is 0 Å². The van der Waals surface area contributed by atoms with Gasteiger partial charge in [0.05, 0.1) is 20.8 Å². The Kier molecular flexibility index (Phi) is 4.44. The Morgan fingerprint density at radius 3 is 2.50 bits per heavy atom. The van der Waals surface area contributed by atoms with E-state index in [0.29, 0.717) is 17.9 Å². The standard InChI is InChI=1S/C11H15NO4/c1-14-9-4-3-8(7-10(9)15-2)5-6-16-11(12)13/h3-4,7H,5-6H2,1-2H3,(H2,12,13). The number of hydrogen-bond acceptors (Lipinski definition) is 4. The number of methoxy groups -OCH3 is 2. The number of amides is 1. The Morgan fingerprint density at radius 1 is 1.25 bits per heavy atom. The third-order valence-electron chi connectivity index (χ3n) is 2.08. The van der Waals surface area contributed by atoms with Gasteiger partial charge in [0.1, 0.15) is 0 Å². The van der Waals surface area contributed by atoms with Crippen molar-refractivity contribution in [1.82, 2.24) is 0 Å². The maximum Gasteiger partial charge on any atom is 0.404 e. The summed E-state index contributed by atoms with van der Waals surface area (Å²) < 4.78 is 14.9. The number of primary amides is 1. The average Bonchev–Trinajstić information content (AvgIpc) is 2.28. The smallest absolute Gasteiger partial charge is 0.404 e. The van der Waals surface area contributed by atoms with Crippen LogP contribution in [0.25, 0.3) is 0 Å². The van der Waals surface area contributed by atoms with Gasteiger partial charge in [0, 0.05) is 6.42 Å². The van der Waals surface area contributed by atoms with Crippen LogP contribution >= 0.6 is 0 Å². The van der Waals surface area contributed by atoms with E-state index in [1.807, 2.05) is 12.1 Å². The number of carbonyl (C=O) groups excluding carboxylic acids is 1. The van der Waals surface area contributed by atoms with Gasteiger partial charge in [-0.25, -0.2) is 4.79 Å². The lowest BCUT2D eigenvalue weighted by Gasteiger charge is -2.09. The van der Waals surface area contributed by atoms with Crippen LogP contribution in [-0.4, -0.2) is 26.9 Å². The van der Waals surface area contributed by atoms with Crippen molar-refractivity contribution in [2.45, 2.75) is 6.42 Å². The zero-order valence-electron chi connectivity index (χ0n) is 9.36. The summed E-state index contributed by atoms with van der Waals surface area (Å²) in [5.74, 6) is 1.32. The highest BCUT2D eigenvalue weighted by atomic mass is 16.5. The number of hydrogen-bond donors (Lipinski definition) is 1. The van der Waals surface area contributed by atoms with Gasteiger partial charge < -0.3 is 19.9 Å². The molecule has 16 heavy (non-hydrogen) atoms. The molecule has 0 aliphatic heterocycles. The number of ether oxygens (including phenoxy) is 3. The first-order valence-electron chi connectivity index (χ1n) is 4.80. The molecule has 1 aromatic rings. The summed E-state index contributed by atoms with van der Waals surface area (Å²) in [5, 5.41) is 0. The molecule has 5 nitrogen and oxygen atoms in total. The quantitative estimate of drug-likeness (QED) is 0.820. The first kappa shape index (κ1) is 12.2. The van der Waals surface area contributed by atoms with Gasteiger partial charge in [-0.2, -0.15) is 0 Å². The van der Waals surface area contributed by atoms with E-state index in [1.165, 1.54) is 0 Å². The largest absolute Gasteiger partial charge is 0.493 e. The molecule has 2 N–H and O–H groups in total. The second-order valence-corrected chi connectivity index (χ2v) is 3.11. The van der Waals surface area contributed by atoms with Crippen molar-refractivity contribution in [2.75, 3.05) is 20.8 Å². The average molecular weight is 225 g/mol. The Labute approximate surface area is 94.1 Å². The summed E-state index contributed by atoms with van der Waals surface area (Å²) in [4.78, 5) is 10.4. The lowest BCUT2D eigenvalue weighted by Crippen LogP contribution is -2.14. The Bertz CT molecular complexity index is 365. The number of rotatable bonds is 5. The van der Waals surface area contributed by atoms with E-state index in [4.69, 9.17) is 15.2 Å². The van der Waals surface area contributed by atoms with Gasteiger partial charge in [-0.1, -0.05) is 6.07 Å². The minimum atomic E-state index is -0.763. The van der Waals surface area contributed by atoms with Crippen molar-refractivity contribution < 1.29 is 19.0 Å². The highest BCUT2D eigenvalue weighted by Crippen LogP contribution is 2.27. The molecule has 0 bridgehead atoms. The zero-order chi connectivity index (χ0) is 12.0. The summed E-state index contributed by atoms with van der Waals surface area (Å²) >= 11 is 0. The van der Waals surface area contributed by atoms with Crippen LogP contribution < -0.4 is 15.2 Å². The molecule has 0 fully saturated rings. The number of benzene rings is 1. The molecule has 0 saturated carbocycles. The third kappa shape index (κ3) is 3.34. The van der Waals surface area contributed by atoms with E-state index in [0.717, 1.165) is 5.56 Å². The fourth-order valence-corrected chi connectivity index (χ4v) is 1.31. The van der Waals surface area contributed by atoms with E-state index >= 15 is 0 Å². The van der Waals surface area contributed by atoms with Crippen molar-refractivity contribution in [1.29, 1.82) is 0 Å². The van der Waals surface area contributed by atoms with Crippen LogP contribution in [0.1, 0.15) is 5.56 Å². The van der Waals surface area contributed by atoms with Crippen LogP contribution in [0, 0.1) is 0 Å². The van der Waals surface area contributed by atoms with E-state index in [2.05, 4.69) is 4.74 Å². The van der Waals surface area contributed by atoms with E-state index < -0.39 is 6.09 Å². The fraction of sp³-hybridized carbons (Fsp3) is 0.364. The molecule has 0 atom stereocenters. The number of nitrogens with two attached hydrogens (primary N) is 1. The van der Waals surface area contributed by atoms with Crippen molar-refractivity contribution in [2.24, 2.45) is 5.73 Å². The molecule has 0 unspecified atom stereocenters. The van der Waals surface area contributed by atoms with Crippen molar-refractivity contribution in [3.8, 4) is 11.5 Å². The van der Waals surface area contributed by atoms with Crippen LogP contribution in [0.5, 0.6) is 11.5 Å². The summed E-state index contributed by atoms with van der Waals surface area (Å²) in [6.45, 7) is 0.255. The highest BCUT2D eigenvalue weighted by Gasteiger charge is 2.04. The molecule has 0 heterocycles. The topological polar surface area (TPSA) is 70.8 Å². The SMILES string of the molecule is COc1ccc(CCOC(N)=O)cc1OC. The summed E-state index contributed by atoms with van der Waals surface area (Å²) in [6.07, 6.45) is -0.177. The Hall–Kier alpha value is -1.91. The van der Waals surface area contributed by atoms with E-state index in [9.17, 15) is 4.79 Å². The summed E-state index contributed by atoms with van der Waals surface area (Å²) in [5.41, 5.74) is 5.84. The summed E-state index contributed by atoms with van der Waals surface area (Å²) in [7, 11) is 3.15. The van der Waals surface area contributed by atoms with Gasteiger partial charge >= 0.3 is 6.09 Å². The molecule has 0 spiro atoms.